The largest absolute Gasteiger partial charge is 0.370 e. The molecular weight excluding hydrogens is 309 g/mol. The molecule has 0 atom stereocenters. The van der Waals surface area contributed by atoms with Gasteiger partial charge in [0.2, 0.25) is 5.91 Å². The molecule has 6 heteroatoms. The smallest absolute Gasteiger partial charge is 0.221 e. The highest BCUT2D eigenvalue weighted by atomic mass is 35.5. The highest BCUT2D eigenvalue weighted by Gasteiger charge is 2.07. The molecule has 0 heterocycles. The van der Waals surface area contributed by atoms with Crippen molar-refractivity contribution in [3.8, 4) is 0 Å². The van der Waals surface area contributed by atoms with Crippen LogP contribution in [0.5, 0.6) is 0 Å². The first-order chi connectivity index (χ1) is 9.19. The van der Waals surface area contributed by atoms with E-state index in [1.807, 2.05) is 13.1 Å². The van der Waals surface area contributed by atoms with Gasteiger partial charge in [-0.05, 0) is 32.5 Å². The lowest BCUT2D eigenvalue weighted by Crippen LogP contribution is -2.36. The number of halogens is 2. The van der Waals surface area contributed by atoms with Gasteiger partial charge in [-0.25, -0.2) is 0 Å². The van der Waals surface area contributed by atoms with Crippen LogP contribution in [-0.4, -0.2) is 39.1 Å². The Kier molecular flexibility index (Phi) is 13.5. The number of aryl methyl sites for hydroxylation is 1. The van der Waals surface area contributed by atoms with Crippen LogP contribution < -0.4 is 15.5 Å². The van der Waals surface area contributed by atoms with Gasteiger partial charge in [-0.15, -0.1) is 24.8 Å². The van der Waals surface area contributed by atoms with Crippen molar-refractivity contribution in [2.45, 2.75) is 20.3 Å². The quantitative estimate of drug-likeness (QED) is 0.766. The molecule has 21 heavy (non-hydrogen) atoms. The van der Waals surface area contributed by atoms with Crippen LogP contribution in [0.1, 0.15) is 18.9 Å². The first-order valence-electron chi connectivity index (χ1n) is 6.91. The van der Waals surface area contributed by atoms with E-state index in [0.29, 0.717) is 13.0 Å². The maximum absolute atomic E-state index is 11.5. The summed E-state index contributed by atoms with van der Waals surface area (Å²) >= 11 is 0. The number of rotatable bonds is 8. The molecule has 1 amide bonds. The monoisotopic (exact) mass is 335 g/mol. The first-order valence-corrected chi connectivity index (χ1v) is 6.91. The normalized spacial score (nSPS) is 9.29. The number of carbonyl (C=O) groups excluding carboxylic acids is 1. The van der Waals surface area contributed by atoms with Crippen LogP contribution in [-0.2, 0) is 4.79 Å². The summed E-state index contributed by atoms with van der Waals surface area (Å²) in [5, 5.41) is 5.92. The highest BCUT2D eigenvalue weighted by Crippen LogP contribution is 2.18. The third-order valence-corrected chi connectivity index (χ3v) is 3.14. The van der Waals surface area contributed by atoms with Gasteiger partial charge < -0.3 is 15.5 Å². The van der Waals surface area contributed by atoms with Crippen LogP contribution >= 0.6 is 24.8 Å². The van der Waals surface area contributed by atoms with Crippen LogP contribution in [0.4, 0.5) is 5.69 Å². The van der Waals surface area contributed by atoms with Gasteiger partial charge in [0.15, 0.2) is 0 Å². The van der Waals surface area contributed by atoms with E-state index >= 15 is 0 Å². The van der Waals surface area contributed by atoms with Crippen LogP contribution in [0.15, 0.2) is 24.3 Å². The molecule has 122 valence electrons. The van der Waals surface area contributed by atoms with Gasteiger partial charge in [0.1, 0.15) is 0 Å². The van der Waals surface area contributed by atoms with Crippen molar-refractivity contribution >= 4 is 36.4 Å². The summed E-state index contributed by atoms with van der Waals surface area (Å²) in [5.41, 5.74) is 2.51. The van der Waals surface area contributed by atoms with Crippen molar-refractivity contribution in [2.75, 3.05) is 38.1 Å². The summed E-state index contributed by atoms with van der Waals surface area (Å²) in [7, 11) is 1.85. The van der Waals surface area contributed by atoms with E-state index in [-0.39, 0.29) is 30.7 Å². The molecule has 0 fully saturated rings. The summed E-state index contributed by atoms with van der Waals surface area (Å²) in [5.74, 6) is 0.107. The van der Waals surface area contributed by atoms with Gasteiger partial charge in [0.25, 0.3) is 0 Å². The third kappa shape index (κ3) is 8.15. The number of nitrogens with one attached hydrogen (secondary N) is 2. The number of hydrogen-bond donors (Lipinski definition) is 2. The van der Waals surface area contributed by atoms with Crippen molar-refractivity contribution in [1.29, 1.82) is 0 Å². The molecule has 0 aromatic heterocycles. The molecule has 1 aromatic carbocycles. The van der Waals surface area contributed by atoms with Gasteiger partial charge in [0, 0.05) is 38.3 Å². The standard InChI is InChI=1S/C15H25N3O.2ClH/c1-4-18(14-8-6-5-7-13(14)2)12-11-17-15(19)9-10-16-3;;/h5-8,16H,4,9-12H2,1-3H3,(H,17,19);2*1H. The summed E-state index contributed by atoms with van der Waals surface area (Å²) in [6, 6.07) is 8.34. The average molecular weight is 336 g/mol. The van der Waals surface area contributed by atoms with Crippen LogP contribution in [0.25, 0.3) is 0 Å². The SMILES string of the molecule is CCN(CCNC(=O)CCNC)c1ccccc1C.Cl.Cl. The highest BCUT2D eigenvalue weighted by molar-refractivity contribution is 5.85. The zero-order valence-electron chi connectivity index (χ0n) is 13.0. The molecule has 0 saturated carbocycles. The van der Waals surface area contributed by atoms with Crippen molar-refractivity contribution < 1.29 is 4.79 Å². The molecule has 1 aromatic rings. The Balaban J connectivity index is 0. The van der Waals surface area contributed by atoms with Crippen LogP contribution in [0.3, 0.4) is 0 Å². The first kappa shape index (κ1) is 22.3. The predicted molar refractivity (Wildman–Crippen MR) is 95.1 cm³/mol. The van der Waals surface area contributed by atoms with E-state index in [0.717, 1.165) is 19.6 Å². The van der Waals surface area contributed by atoms with Crippen LogP contribution in [0.2, 0.25) is 0 Å². The van der Waals surface area contributed by atoms with Gasteiger partial charge in [-0.3, -0.25) is 4.79 Å². The Hall–Kier alpha value is -0.970. The van der Waals surface area contributed by atoms with E-state index in [1.165, 1.54) is 11.3 Å². The molecule has 0 aliphatic carbocycles. The Morgan fingerprint density at radius 1 is 1.19 bits per heavy atom. The van der Waals surface area contributed by atoms with Crippen molar-refractivity contribution in [2.24, 2.45) is 0 Å². The maximum Gasteiger partial charge on any atom is 0.221 e. The van der Waals surface area contributed by atoms with E-state index in [2.05, 4.69) is 47.6 Å². The minimum absolute atomic E-state index is 0. The molecule has 1 rings (SSSR count). The Morgan fingerprint density at radius 2 is 1.86 bits per heavy atom. The van der Waals surface area contributed by atoms with Crippen LogP contribution in [0, 0.1) is 6.92 Å². The number of para-hydroxylation sites is 1. The number of nitrogens with zero attached hydrogens (tertiary/aromatic N) is 1. The minimum Gasteiger partial charge on any atom is -0.370 e. The van der Waals surface area contributed by atoms with Gasteiger partial charge in [0.05, 0.1) is 0 Å². The third-order valence-electron chi connectivity index (χ3n) is 3.14. The Labute approximate surface area is 140 Å². The maximum atomic E-state index is 11.5. The zero-order chi connectivity index (χ0) is 14.1. The van der Waals surface area contributed by atoms with E-state index in [9.17, 15) is 4.79 Å². The van der Waals surface area contributed by atoms with Crippen molar-refractivity contribution in [3.63, 3.8) is 0 Å². The number of hydrogen-bond acceptors (Lipinski definition) is 3. The fourth-order valence-electron chi connectivity index (χ4n) is 2.02. The molecule has 0 saturated heterocycles. The molecule has 0 radical (unpaired) electrons. The molecule has 4 nitrogen and oxygen atoms in total. The van der Waals surface area contributed by atoms with Gasteiger partial charge >= 0.3 is 0 Å². The zero-order valence-corrected chi connectivity index (χ0v) is 14.6. The molecule has 2 N–H and O–H groups in total. The lowest BCUT2D eigenvalue weighted by Gasteiger charge is -2.25. The minimum atomic E-state index is 0. The number of benzene rings is 1. The summed E-state index contributed by atoms with van der Waals surface area (Å²) < 4.78 is 0. The van der Waals surface area contributed by atoms with Crippen molar-refractivity contribution in [3.05, 3.63) is 29.8 Å². The average Bonchev–Trinajstić information content (AvgIpc) is 2.42. The second-order valence-electron chi connectivity index (χ2n) is 4.57. The molecule has 0 aliphatic heterocycles. The Morgan fingerprint density at radius 3 is 2.43 bits per heavy atom. The van der Waals surface area contributed by atoms with Crippen molar-refractivity contribution in [1.82, 2.24) is 10.6 Å². The molecule has 0 bridgehead atoms. The van der Waals surface area contributed by atoms with E-state index in [4.69, 9.17) is 0 Å². The summed E-state index contributed by atoms with van der Waals surface area (Å²) in [6.07, 6.45) is 0.535. The van der Waals surface area contributed by atoms with Gasteiger partial charge in [-0.2, -0.15) is 0 Å². The molecule has 0 aliphatic rings. The fraction of sp³-hybridized carbons (Fsp3) is 0.533. The summed E-state index contributed by atoms with van der Waals surface area (Å²) in [6.45, 7) is 7.44. The molecular formula is C15H27Cl2N3O. The predicted octanol–water partition coefficient (Wildman–Crippen LogP) is 2.39. The fourth-order valence-corrected chi connectivity index (χ4v) is 2.02. The molecule has 0 unspecified atom stereocenters. The van der Waals surface area contributed by atoms with E-state index < -0.39 is 0 Å². The number of anilines is 1. The van der Waals surface area contributed by atoms with Gasteiger partial charge in [-0.1, -0.05) is 18.2 Å². The second-order valence-corrected chi connectivity index (χ2v) is 4.57. The summed E-state index contributed by atoms with van der Waals surface area (Å²) in [4.78, 5) is 13.8. The van der Waals surface area contributed by atoms with E-state index in [1.54, 1.807) is 0 Å². The number of amides is 1. The number of carbonyl (C=O) groups is 1. The lowest BCUT2D eigenvalue weighted by atomic mass is 10.2. The molecule has 0 spiro atoms. The Bertz CT molecular complexity index is 402. The lowest BCUT2D eigenvalue weighted by molar-refractivity contribution is -0.120. The topological polar surface area (TPSA) is 44.4 Å². The number of likely N-dealkylation sites (N-methyl/N-ethyl adjacent to an activating group) is 1. The second kappa shape index (κ2) is 12.7.